The average Bonchev–Trinajstić information content (AvgIpc) is 2.62. The van der Waals surface area contributed by atoms with Crippen molar-refractivity contribution in [1.29, 1.82) is 0 Å². The quantitative estimate of drug-likeness (QED) is 0.466. The highest BCUT2D eigenvalue weighted by Gasteiger charge is 2.27. The summed E-state index contributed by atoms with van der Waals surface area (Å²) in [4.78, 5) is 23.5. The zero-order valence-corrected chi connectivity index (χ0v) is 10.2. The Labute approximate surface area is 106 Å². The molecule has 0 aromatic heterocycles. The molecule has 3 heteroatoms. The molecule has 0 N–H and O–H groups in total. The first kappa shape index (κ1) is 12.6. The Balaban J connectivity index is 2.02. The minimum Gasteiger partial charge on any atom is -0.465 e. The first-order chi connectivity index (χ1) is 8.77. The molecule has 0 amide bonds. The molecule has 1 aromatic rings. The van der Waals surface area contributed by atoms with Crippen LogP contribution in [0.3, 0.4) is 0 Å². The number of hydrogen-bond acceptors (Lipinski definition) is 3. The minimum absolute atomic E-state index is 0.161. The lowest BCUT2D eigenvalue weighted by Gasteiger charge is -2.07. The molecule has 1 saturated heterocycles. The summed E-state index contributed by atoms with van der Waals surface area (Å²) >= 11 is 0. The van der Waals surface area contributed by atoms with E-state index in [0.717, 1.165) is 18.4 Å². The normalized spacial score (nSPS) is 20.4. The van der Waals surface area contributed by atoms with Crippen molar-refractivity contribution < 1.29 is 14.3 Å². The van der Waals surface area contributed by atoms with Gasteiger partial charge >= 0.3 is 5.97 Å². The average molecular weight is 244 g/mol. The molecule has 1 aliphatic heterocycles. The first-order valence-electron chi connectivity index (χ1n) is 6.21. The Morgan fingerprint density at radius 3 is 2.78 bits per heavy atom. The van der Waals surface area contributed by atoms with E-state index in [9.17, 15) is 9.59 Å². The number of ether oxygens (including phenoxy) is 1. The monoisotopic (exact) mass is 244 g/mol. The molecular weight excluding hydrogens is 228 g/mol. The number of allylic oxidation sites excluding steroid dienone is 1. The molecule has 3 nitrogen and oxygen atoms in total. The second kappa shape index (κ2) is 6.15. The third-order valence-corrected chi connectivity index (χ3v) is 3.00. The van der Waals surface area contributed by atoms with Crippen LogP contribution < -0.4 is 0 Å². The van der Waals surface area contributed by atoms with Crippen molar-refractivity contribution >= 4 is 17.8 Å². The Bertz CT molecular complexity index is 448. The van der Waals surface area contributed by atoms with Crippen molar-refractivity contribution in [3.63, 3.8) is 0 Å². The molecule has 0 aliphatic carbocycles. The summed E-state index contributed by atoms with van der Waals surface area (Å²) in [5, 5.41) is 0. The Morgan fingerprint density at radius 1 is 1.22 bits per heavy atom. The van der Waals surface area contributed by atoms with Gasteiger partial charge in [-0.1, -0.05) is 36.4 Å². The van der Waals surface area contributed by atoms with Gasteiger partial charge in [0, 0.05) is 0 Å². The fourth-order valence-corrected chi connectivity index (χ4v) is 1.96. The van der Waals surface area contributed by atoms with E-state index < -0.39 is 5.92 Å². The van der Waals surface area contributed by atoms with Gasteiger partial charge in [0.25, 0.3) is 0 Å². The van der Waals surface area contributed by atoms with Crippen LogP contribution in [0.25, 0.3) is 6.08 Å². The largest absolute Gasteiger partial charge is 0.465 e. The molecule has 1 aliphatic rings. The molecular formula is C15H16O3. The molecule has 0 spiro atoms. The van der Waals surface area contributed by atoms with Crippen LogP contribution in [0.5, 0.6) is 0 Å². The van der Waals surface area contributed by atoms with E-state index in [1.165, 1.54) is 6.08 Å². The van der Waals surface area contributed by atoms with Gasteiger partial charge in [0.15, 0.2) is 5.78 Å². The van der Waals surface area contributed by atoms with Crippen molar-refractivity contribution in [3.8, 4) is 0 Å². The number of benzene rings is 1. The predicted molar refractivity (Wildman–Crippen MR) is 68.8 cm³/mol. The van der Waals surface area contributed by atoms with Crippen LogP contribution in [0.15, 0.2) is 36.4 Å². The molecule has 94 valence electrons. The van der Waals surface area contributed by atoms with Gasteiger partial charge in [0.1, 0.15) is 5.92 Å². The standard InChI is InChI=1S/C15H16O3/c16-14(10-9-12-6-2-1-3-7-12)13-8-4-5-11-18-15(13)17/h1-3,6-7,9-10,13H,4-5,8,11H2. The number of esters is 1. The molecule has 0 radical (unpaired) electrons. The summed E-state index contributed by atoms with van der Waals surface area (Å²) in [5.41, 5.74) is 0.952. The van der Waals surface area contributed by atoms with Crippen LogP contribution in [0.2, 0.25) is 0 Å². The fourth-order valence-electron chi connectivity index (χ4n) is 1.96. The van der Waals surface area contributed by atoms with Gasteiger partial charge in [-0.05, 0) is 30.9 Å². The number of carbonyl (C=O) groups excluding carboxylic acids is 2. The van der Waals surface area contributed by atoms with Crippen molar-refractivity contribution in [2.24, 2.45) is 5.92 Å². The Kier molecular flexibility index (Phi) is 4.29. The lowest BCUT2D eigenvalue weighted by molar-refractivity contribution is -0.149. The predicted octanol–water partition coefficient (Wildman–Crippen LogP) is 2.61. The maximum absolute atomic E-state index is 11.9. The highest BCUT2D eigenvalue weighted by molar-refractivity contribution is 6.06. The van der Waals surface area contributed by atoms with Gasteiger partial charge in [-0.3, -0.25) is 9.59 Å². The van der Waals surface area contributed by atoms with E-state index >= 15 is 0 Å². The van der Waals surface area contributed by atoms with Crippen molar-refractivity contribution in [2.45, 2.75) is 19.3 Å². The van der Waals surface area contributed by atoms with Gasteiger partial charge in [0.05, 0.1) is 6.61 Å². The number of hydrogen-bond donors (Lipinski definition) is 0. The SMILES string of the molecule is O=C(C=Cc1ccccc1)C1CCCCOC1=O. The summed E-state index contributed by atoms with van der Waals surface area (Å²) in [6, 6.07) is 9.56. The van der Waals surface area contributed by atoms with Crippen LogP contribution in [0, 0.1) is 5.92 Å². The summed E-state index contributed by atoms with van der Waals surface area (Å²) in [6.45, 7) is 0.436. The third-order valence-electron chi connectivity index (χ3n) is 3.00. The van der Waals surface area contributed by atoms with E-state index in [0.29, 0.717) is 13.0 Å². The summed E-state index contributed by atoms with van der Waals surface area (Å²) in [6.07, 6.45) is 5.52. The van der Waals surface area contributed by atoms with E-state index in [2.05, 4.69) is 0 Å². The molecule has 1 fully saturated rings. The minimum atomic E-state index is -0.618. The van der Waals surface area contributed by atoms with Gasteiger partial charge in [0.2, 0.25) is 0 Å². The van der Waals surface area contributed by atoms with E-state index in [1.807, 2.05) is 30.3 Å². The van der Waals surface area contributed by atoms with Crippen molar-refractivity contribution in [2.75, 3.05) is 6.61 Å². The van der Waals surface area contributed by atoms with Crippen LogP contribution in [0.1, 0.15) is 24.8 Å². The van der Waals surface area contributed by atoms with Crippen LogP contribution in [-0.4, -0.2) is 18.4 Å². The van der Waals surface area contributed by atoms with Crippen molar-refractivity contribution in [1.82, 2.24) is 0 Å². The fraction of sp³-hybridized carbons (Fsp3) is 0.333. The second-order valence-electron chi connectivity index (χ2n) is 4.36. The topological polar surface area (TPSA) is 43.4 Å². The molecule has 1 unspecified atom stereocenters. The maximum atomic E-state index is 11.9. The summed E-state index contributed by atoms with van der Waals surface area (Å²) < 4.78 is 4.99. The molecule has 0 bridgehead atoms. The van der Waals surface area contributed by atoms with Crippen LogP contribution in [0.4, 0.5) is 0 Å². The highest BCUT2D eigenvalue weighted by Crippen LogP contribution is 2.17. The molecule has 1 atom stereocenters. The lowest BCUT2D eigenvalue weighted by atomic mass is 9.97. The third kappa shape index (κ3) is 3.29. The number of carbonyl (C=O) groups is 2. The van der Waals surface area contributed by atoms with E-state index in [4.69, 9.17) is 4.74 Å². The van der Waals surface area contributed by atoms with E-state index in [-0.39, 0.29) is 11.8 Å². The smallest absolute Gasteiger partial charge is 0.316 e. The Hall–Kier alpha value is -1.90. The van der Waals surface area contributed by atoms with Gasteiger partial charge in [-0.25, -0.2) is 0 Å². The number of cyclic esters (lactones) is 1. The second-order valence-corrected chi connectivity index (χ2v) is 4.36. The zero-order valence-electron chi connectivity index (χ0n) is 10.2. The van der Waals surface area contributed by atoms with Crippen LogP contribution >= 0.6 is 0 Å². The summed E-state index contributed by atoms with van der Waals surface area (Å²) in [7, 11) is 0. The zero-order chi connectivity index (χ0) is 12.8. The first-order valence-corrected chi connectivity index (χ1v) is 6.21. The molecule has 2 rings (SSSR count). The van der Waals surface area contributed by atoms with Gasteiger partial charge in [-0.15, -0.1) is 0 Å². The number of rotatable bonds is 3. The molecule has 18 heavy (non-hydrogen) atoms. The maximum Gasteiger partial charge on any atom is 0.316 e. The molecule has 1 aromatic carbocycles. The van der Waals surface area contributed by atoms with E-state index in [1.54, 1.807) is 6.08 Å². The van der Waals surface area contributed by atoms with Crippen LogP contribution in [-0.2, 0) is 14.3 Å². The van der Waals surface area contributed by atoms with Crippen molar-refractivity contribution in [3.05, 3.63) is 42.0 Å². The Morgan fingerprint density at radius 2 is 2.00 bits per heavy atom. The molecule has 0 saturated carbocycles. The van der Waals surface area contributed by atoms with Gasteiger partial charge < -0.3 is 4.74 Å². The lowest BCUT2D eigenvalue weighted by Crippen LogP contribution is -2.23. The molecule has 1 heterocycles. The number of ketones is 1. The highest BCUT2D eigenvalue weighted by atomic mass is 16.5. The van der Waals surface area contributed by atoms with Gasteiger partial charge in [-0.2, -0.15) is 0 Å². The summed E-state index contributed by atoms with van der Waals surface area (Å²) in [5.74, 6) is -1.16.